The molecule has 1 aromatic rings. The zero-order chi connectivity index (χ0) is 20.3. The van der Waals surface area contributed by atoms with Crippen LogP contribution in [0.5, 0.6) is 0 Å². The lowest BCUT2D eigenvalue weighted by molar-refractivity contribution is -0.165. The molecular weight excluding hydrogens is 376 g/mol. The highest BCUT2D eigenvalue weighted by Crippen LogP contribution is 2.61. The summed E-state index contributed by atoms with van der Waals surface area (Å²) in [6.45, 7) is 3.63. The summed E-state index contributed by atoms with van der Waals surface area (Å²) in [6.07, 6.45) is 4.86. The molecule has 7 heteroatoms. The van der Waals surface area contributed by atoms with E-state index in [9.17, 15) is 14.4 Å². The summed E-state index contributed by atoms with van der Waals surface area (Å²) in [7, 11) is 0. The molecule has 0 N–H and O–H groups in total. The molecule has 0 amide bonds. The molecule has 6 atom stereocenters. The fraction of sp³-hybridized carbons (Fsp3) is 0.591. The van der Waals surface area contributed by atoms with Gasteiger partial charge >= 0.3 is 17.9 Å². The highest BCUT2D eigenvalue weighted by atomic mass is 16.6. The number of hydrogen-bond donors (Lipinski definition) is 0. The minimum Gasteiger partial charge on any atom is -0.472 e. The molecule has 7 nitrogen and oxygen atoms in total. The van der Waals surface area contributed by atoms with Crippen LogP contribution in [0.2, 0.25) is 0 Å². The first-order valence-corrected chi connectivity index (χ1v) is 10.2. The second-order valence-corrected chi connectivity index (χ2v) is 8.65. The Hall–Kier alpha value is -2.57. The number of carbonyl (C=O) groups excluding carboxylic acids is 3. The molecule has 1 spiro atoms. The number of rotatable bonds is 2. The van der Waals surface area contributed by atoms with Crippen LogP contribution in [0.4, 0.5) is 0 Å². The first-order chi connectivity index (χ1) is 13.9. The van der Waals surface area contributed by atoms with Crippen molar-refractivity contribution in [1.82, 2.24) is 0 Å². The van der Waals surface area contributed by atoms with E-state index in [4.69, 9.17) is 18.6 Å². The van der Waals surface area contributed by atoms with Crippen LogP contribution in [0.3, 0.4) is 0 Å². The van der Waals surface area contributed by atoms with Gasteiger partial charge in [-0.2, -0.15) is 0 Å². The van der Waals surface area contributed by atoms with Gasteiger partial charge in [0.05, 0.1) is 29.8 Å². The molecule has 3 heterocycles. The Balaban J connectivity index is 1.68. The topological polar surface area (TPSA) is 92.0 Å². The van der Waals surface area contributed by atoms with E-state index in [0.29, 0.717) is 6.42 Å². The van der Waals surface area contributed by atoms with Crippen LogP contribution in [0, 0.1) is 23.2 Å². The van der Waals surface area contributed by atoms with Crippen LogP contribution in [0.15, 0.2) is 34.2 Å². The number of furan rings is 1. The van der Waals surface area contributed by atoms with Crippen molar-refractivity contribution in [2.24, 2.45) is 23.2 Å². The van der Waals surface area contributed by atoms with Crippen molar-refractivity contribution in [3.63, 3.8) is 0 Å². The molecule has 4 aliphatic rings. The maximum Gasteiger partial charge on any atom is 0.314 e. The first-order valence-electron chi connectivity index (χ1n) is 10.2. The summed E-state index contributed by atoms with van der Waals surface area (Å²) in [5.74, 6) is -1.78. The maximum absolute atomic E-state index is 12.9. The van der Waals surface area contributed by atoms with E-state index in [0.717, 1.165) is 36.0 Å². The minimum absolute atomic E-state index is 0.0130. The number of hydrogen-bond acceptors (Lipinski definition) is 7. The Morgan fingerprint density at radius 3 is 2.72 bits per heavy atom. The molecule has 1 saturated carbocycles. The molecule has 0 unspecified atom stereocenters. The van der Waals surface area contributed by atoms with Crippen molar-refractivity contribution in [1.29, 1.82) is 0 Å². The third-order valence-electron chi connectivity index (χ3n) is 7.39. The van der Waals surface area contributed by atoms with E-state index in [1.807, 2.05) is 6.92 Å². The van der Waals surface area contributed by atoms with Gasteiger partial charge in [0.15, 0.2) is 6.10 Å². The van der Waals surface area contributed by atoms with Crippen LogP contribution in [-0.2, 0) is 28.6 Å². The normalized spacial score (nSPS) is 38.5. The fourth-order valence-corrected chi connectivity index (χ4v) is 6.24. The smallest absolute Gasteiger partial charge is 0.314 e. The average Bonchev–Trinajstić information content (AvgIpc) is 3.38. The number of allylic oxidation sites excluding steroid dienone is 1. The monoisotopic (exact) mass is 400 g/mol. The van der Waals surface area contributed by atoms with Gasteiger partial charge in [0.2, 0.25) is 0 Å². The lowest BCUT2D eigenvalue weighted by atomic mass is 9.57. The summed E-state index contributed by atoms with van der Waals surface area (Å²) >= 11 is 0. The van der Waals surface area contributed by atoms with Gasteiger partial charge in [-0.25, -0.2) is 0 Å². The average molecular weight is 400 g/mol. The second kappa shape index (κ2) is 6.47. The van der Waals surface area contributed by atoms with Crippen LogP contribution in [0.1, 0.15) is 51.2 Å². The molecule has 2 aliphatic carbocycles. The fourth-order valence-electron chi connectivity index (χ4n) is 6.24. The van der Waals surface area contributed by atoms with Gasteiger partial charge in [0.25, 0.3) is 0 Å². The van der Waals surface area contributed by atoms with Gasteiger partial charge in [-0.05, 0) is 37.3 Å². The number of ether oxygens (including phenoxy) is 3. The Morgan fingerprint density at radius 1 is 1.21 bits per heavy atom. The minimum atomic E-state index is -0.621. The molecule has 3 fully saturated rings. The molecule has 0 aromatic carbocycles. The number of esters is 3. The SMILES string of the molecule is CC(=O)O[C@@H]1C[C@H]2C(=O)O[C@@H](c3ccoc3)C2=C(C)[C@H]2CCC[C@H]3C(=O)OC[C@]213. The lowest BCUT2D eigenvalue weighted by Gasteiger charge is -2.47. The highest BCUT2D eigenvalue weighted by Gasteiger charge is 2.65. The van der Waals surface area contributed by atoms with Crippen molar-refractivity contribution in [3.05, 3.63) is 35.3 Å². The van der Waals surface area contributed by atoms with Gasteiger partial charge in [-0.15, -0.1) is 0 Å². The molecule has 5 rings (SSSR count). The summed E-state index contributed by atoms with van der Waals surface area (Å²) in [4.78, 5) is 37.4. The zero-order valence-corrected chi connectivity index (χ0v) is 16.5. The Bertz CT molecular complexity index is 898. The van der Waals surface area contributed by atoms with Crippen molar-refractivity contribution in [2.75, 3.05) is 6.61 Å². The van der Waals surface area contributed by atoms with E-state index in [1.165, 1.54) is 6.92 Å². The third kappa shape index (κ3) is 2.52. The second-order valence-electron chi connectivity index (χ2n) is 8.65. The van der Waals surface area contributed by atoms with E-state index < -0.39 is 29.5 Å². The maximum atomic E-state index is 12.9. The molecule has 154 valence electrons. The van der Waals surface area contributed by atoms with Gasteiger partial charge in [-0.3, -0.25) is 14.4 Å². The van der Waals surface area contributed by atoms with Gasteiger partial charge < -0.3 is 18.6 Å². The summed E-state index contributed by atoms with van der Waals surface area (Å²) in [5, 5.41) is 0. The van der Waals surface area contributed by atoms with Crippen LogP contribution < -0.4 is 0 Å². The molecular formula is C22H24O7. The Labute approximate surface area is 168 Å². The molecule has 29 heavy (non-hydrogen) atoms. The third-order valence-corrected chi connectivity index (χ3v) is 7.39. The van der Waals surface area contributed by atoms with Crippen molar-refractivity contribution in [3.8, 4) is 0 Å². The molecule has 1 aromatic heterocycles. The molecule has 2 aliphatic heterocycles. The predicted molar refractivity (Wildman–Crippen MR) is 98.1 cm³/mol. The van der Waals surface area contributed by atoms with Crippen LogP contribution in [0.25, 0.3) is 0 Å². The van der Waals surface area contributed by atoms with E-state index in [2.05, 4.69) is 0 Å². The van der Waals surface area contributed by atoms with Gasteiger partial charge in [-0.1, -0.05) is 12.0 Å². The number of cyclic esters (lactones) is 2. The summed E-state index contributed by atoms with van der Waals surface area (Å²) in [5.41, 5.74) is 2.16. The largest absolute Gasteiger partial charge is 0.472 e. The van der Waals surface area contributed by atoms with E-state index in [-0.39, 0.29) is 30.4 Å². The summed E-state index contributed by atoms with van der Waals surface area (Å²) in [6, 6.07) is 1.80. The van der Waals surface area contributed by atoms with Crippen LogP contribution in [-0.4, -0.2) is 30.6 Å². The highest BCUT2D eigenvalue weighted by molar-refractivity contribution is 5.82. The van der Waals surface area contributed by atoms with E-state index >= 15 is 0 Å². The van der Waals surface area contributed by atoms with Crippen LogP contribution >= 0.6 is 0 Å². The number of carbonyl (C=O) groups is 3. The Kier molecular flexibility index (Phi) is 4.12. The summed E-state index contributed by atoms with van der Waals surface area (Å²) < 4.78 is 22.3. The first kappa shape index (κ1) is 18.5. The lowest BCUT2D eigenvalue weighted by Crippen LogP contribution is -2.52. The molecule has 0 bridgehead atoms. The van der Waals surface area contributed by atoms with Crippen molar-refractivity contribution in [2.45, 2.75) is 51.7 Å². The number of fused-ring (bicyclic) bond motifs is 1. The predicted octanol–water partition coefficient (Wildman–Crippen LogP) is 3.11. The Morgan fingerprint density at radius 2 is 2.00 bits per heavy atom. The van der Waals surface area contributed by atoms with Gasteiger partial charge in [0, 0.05) is 18.9 Å². The van der Waals surface area contributed by atoms with E-state index in [1.54, 1.807) is 18.6 Å². The van der Waals surface area contributed by atoms with Crippen molar-refractivity contribution >= 4 is 17.9 Å². The zero-order valence-electron chi connectivity index (χ0n) is 16.5. The quantitative estimate of drug-likeness (QED) is 0.428. The standard InChI is InChI=1S/C22H24O7/c1-11-15-4-3-5-16-21(25)27-10-22(15,16)17(28-12(2)23)8-14-18(11)19(29-20(14)24)13-6-7-26-9-13/h6-7,9,14-17,19H,3-5,8,10H2,1-2H3/t14-,15-,16+,17-,19+,22-/m1/s1. The molecule has 0 radical (unpaired) electrons. The van der Waals surface area contributed by atoms with Gasteiger partial charge in [0.1, 0.15) is 12.7 Å². The molecule has 2 saturated heterocycles. The van der Waals surface area contributed by atoms with Crippen molar-refractivity contribution < 1.29 is 33.0 Å².